The third-order valence-electron chi connectivity index (χ3n) is 3.65. The molecule has 1 atom stereocenters. The summed E-state index contributed by atoms with van der Waals surface area (Å²) in [6.07, 6.45) is 5.21. The molecule has 1 saturated carbocycles. The van der Waals surface area contributed by atoms with Crippen LogP contribution in [-0.4, -0.2) is 45.3 Å². The van der Waals surface area contributed by atoms with Crippen LogP contribution < -0.4 is 5.32 Å². The van der Waals surface area contributed by atoms with Gasteiger partial charge in [-0.05, 0) is 55.1 Å². The highest BCUT2D eigenvalue weighted by Gasteiger charge is 2.32. The Morgan fingerprint density at radius 2 is 2.11 bits per heavy atom. The van der Waals surface area contributed by atoms with Crippen molar-refractivity contribution < 1.29 is 0 Å². The Labute approximate surface area is 116 Å². The van der Waals surface area contributed by atoms with Crippen molar-refractivity contribution in [2.75, 3.05) is 18.4 Å². The van der Waals surface area contributed by atoms with E-state index in [9.17, 15) is 0 Å². The lowest BCUT2D eigenvalue weighted by Gasteiger charge is -2.33. The van der Waals surface area contributed by atoms with Crippen LogP contribution >= 0.6 is 15.9 Å². The first kappa shape index (κ1) is 12.3. The molecule has 1 aliphatic carbocycles. The minimum atomic E-state index is 0.460. The van der Waals surface area contributed by atoms with Crippen molar-refractivity contribution in [3.8, 4) is 0 Å². The quantitative estimate of drug-likeness (QED) is 0.925. The maximum absolute atomic E-state index is 4.40. The fraction of sp³-hybridized carbons (Fsp3) is 0.750. The molecule has 2 fully saturated rings. The van der Waals surface area contributed by atoms with Crippen molar-refractivity contribution >= 4 is 21.9 Å². The molecule has 0 spiro atoms. The summed E-state index contributed by atoms with van der Waals surface area (Å²) in [5, 5.41) is 11.5. The Kier molecular flexibility index (Phi) is 3.48. The van der Waals surface area contributed by atoms with Gasteiger partial charge in [0.05, 0.1) is 5.69 Å². The number of hydrogen-bond donors (Lipinski definition) is 1. The van der Waals surface area contributed by atoms with E-state index in [0.29, 0.717) is 12.0 Å². The second kappa shape index (κ2) is 5.09. The first-order chi connectivity index (χ1) is 8.72. The standard InChI is InChI=1S/C12H18BrN5/c1-8-11(13)16-17-12(14-8)15-9-3-2-6-18(7-9)10-4-5-10/h9-10H,2-7H2,1H3,(H,14,15,17)/t9-/m1/s1. The van der Waals surface area contributed by atoms with Crippen molar-refractivity contribution in [2.45, 2.75) is 44.7 Å². The van der Waals surface area contributed by atoms with Gasteiger partial charge in [-0.2, -0.15) is 0 Å². The van der Waals surface area contributed by atoms with Gasteiger partial charge in [-0.1, -0.05) is 0 Å². The summed E-state index contributed by atoms with van der Waals surface area (Å²) in [6.45, 7) is 4.30. The number of likely N-dealkylation sites (tertiary alicyclic amines) is 1. The Balaban J connectivity index is 1.62. The van der Waals surface area contributed by atoms with Gasteiger partial charge in [-0.25, -0.2) is 4.98 Å². The number of rotatable bonds is 3. The molecule has 0 aromatic carbocycles. The first-order valence-corrected chi connectivity index (χ1v) is 7.39. The predicted molar refractivity (Wildman–Crippen MR) is 73.5 cm³/mol. The Bertz CT molecular complexity index is 434. The second-order valence-corrected chi connectivity index (χ2v) is 5.97. The minimum Gasteiger partial charge on any atom is -0.349 e. The SMILES string of the molecule is Cc1nc(N[C@@H]2CCCN(C3CC3)C2)nnc1Br. The lowest BCUT2D eigenvalue weighted by atomic mass is 10.1. The number of hydrogen-bond acceptors (Lipinski definition) is 5. The average Bonchev–Trinajstić information content (AvgIpc) is 3.18. The number of aryl methyl sites for hydroxylation is 1. The monoisotopic (exact) mass is 311 g/mol. The summed E-state index contributed by atoms with van der Waals surface area (Å²) in [7, 11) is 0. The molecule has 0 amide bonds. The lowest BCUT2D eigenvalue weighted by Crippen LogP contribution is -2.43. The van der Waals surface area contributed by atoms with E-state index in [1.807, 2.05) is 6.92 Å². The van der Waals surface area contributed by atoms with Crippen molar-refractivity contribution in [2.24, 2.45) is 0 Å². The molecule has 5 nitrogen and oxygen atoms in total. The van der Waals surface area contributed by atoms with Crippen LogP contribution in [0.15, 0.2) is 4.60 Å². The van der Waals surface area contributed by atoms with E-state index in [4.69, 9.17) is 0 Å². The summed E-state index contributed by atoms with van der Waals surface area (Å²) in [5.74, 6) is 0.651. The highest BCUT2D eigenvalue weighted by Crippen LogP contribution is 2.29. The van der Waals surface area contributed by atoms with E-state index < -0.39 is 0 Å². The molecule has 0 bridgehead atoms. The van der Waals surface area contributed by atoms with E-state index in [-0.39, 0.29) is 0 Å². The molecule has 2 heterocycles. The van der Waals surface area contributed by atoms with Gasteiger partial charge in [-0.3, -0.25) is 4.90 Å². The summed E-state index contributed by atoms with van der Waals surface area (Å²) < 4.78 is 0.719. The molecule has 98 valence electrons. The fourth-order valence-corrected chi connectivity index (χ4v) is 2.70. The molecule has 1 aromatic heterocycles. The van der Waals surface area contributed by atoms with Crippen LogP contribution in [0.1, 0.15) is 31.4 Å². The Morgan fingerprint density at radius 1 is 1.28 bits per heavy atom. The van der Waals surface area contributed by atoms with E-state index >= 15 is 0 Å². The van der Waals surface area contributed by atoms with Crippen LogP contribution in [0.3, 0.4) is 0 Å². The number of nitrogens with one attached hydrogen (secondary N) is 1. The third kappa shape index (κ3) is 2.80. The number of anilines is 1. The summed E-state index contributed by atoms with van der Waals surface area (Å²) in [5.41, 5.74) is 0.877. The van der Waals surface area contributed by atoms with Gasteiger partial charge in [0.1, 0.15) is 4.60 Å². The number of aromatic nitrogens is 3. The Hall–Kier alpha value is -0.750. The van der Waals surface area contributed by atoms with Crippen LogP contribution in [-0.2, 0) is 0 Å². The molecule has 1 aromatic rings. The molecule has 0 radical (unpaired) electrons. The maximum Gasteiger partial charge on any atom is 0.243 e. The molecule has 2 aliphatic rings. The van der Waals surface area contributed by atoms with Crippen LogP contribution in [0.25, 0.3) is 0 Å². The lowest BCUT2D eigenvalue weighted by molar-refractivity contribution is 0.207. The van der Waals surface area contributed by atoms with Gasteiger partial charge in [-0.15, -0.1) is 10.2 Å². The van der Waals surface area contributed by atoms with Crippen molar-refractivity contribution in [3.05, 3.63) is 10.3 Å². The van der Waals surface area contributed by atoms with E-state index in [0.717, 1.165) is 22.9 Å². The van der Waals surface area contributed by atoms with E-state index in [1.54, 1.807) is 0 Å². The molecule has 1 N–H and O–H groups in total. The maximum atomic E-state index is 4.40. The molecule has 3 rings (SSSR count). The largest absolute Gasteiger partial charge is 0.349 e. The van der Waals surface area contributed by atoms with Gasteiger partial charge >= 0.3 is 0 Å². The van der Waals surface area contributed by atoms with Crippen LogP contribution in [0.5, 0.6) is 0 Å². The van der Waals surface area contributed by atoms with E-state index in [2.05, 4.69) is 41.3 Å². The van der Waals surface area contributed by atoms with Gasteiger partial charge in [0.25, 0.3) is 0 Å². The molecule has 18 heavy (non-hydrogen) atoms. The zero-order chi connectivity index (χ0) is 12.5. The van der Waals surface area contributed by atoms with Crippen molar-refractivity contribution in [3.63, 3.8) is 0 Å². The van der Waals surface area contributed by atoms with Gasteiger partial charge in [0.2, 0.25) is 5.95 Å². The van der Waals surface area contributed by atoms with Crippen molar-refractivity contribution in [1.82, 2.24) is 20.1 Å². The molecular formula is C12H18BrN5. The minimum absolute atomic E-state index is 0.460. The molecule has 0 unspecified atom stereocenters. The zero-order valence-corrected chi connectivity index (χ0v) is 12.2. The molecular weight excluding hydrogens is 294 g/mol. The number of piperidine rings is 1. The normalized spacial score (nSPS) is 25.1. The zero-order valence-electron chi connectivity index (χ0n) is 10.6. The first-order valence-electron chi connectivity index (χ1n) is 6.60. The van der Waals surface area contributed by atoms with Crippen LogP contribution in [0, 0.1) is 6.92 Å². The highest BCUT2D eigenvalue weighted by atomic mass is 79.9. The van der Waals surface area contributed by atoms with Crippen LogP contribution in [0.2, 0.25) is 0 Å². The summed E-state index contributed by atoms with van der Waals surface area (Å²) >= 11 is 3.32. The van der Waals surface area contributed by atoms with Crippen LogP contribution in [0.4, 0.5) is 5.95 Å². The topological polar surface area (TPSA) is 53.9 Å². The summed E-state index contributed by atoms with van der Waals surface area (Å²) in [4.78, 5) is 7.00. The third-order valence-corrected chi connectivity index (χ3v) is 4.39. The highest BCUT2D eigenvalue weighted by molar-refractivity contribution is 9.10. The van der Waals surface area contributed by atoms with Crippen molar-refractivity contribution in [1.29, 1.82) is 0 Å². The summed E-state index contributed by atoms with van der Waals surface area (Å²) in [6, 6.07) is 1.31. The van der Waals surface area contributed by atoms with Gasteiger partial charge < -0.3 is 5.32 Å². The average molecular weight is 312 g/mol. The number of nitrogens with zero attached hydrogens (tertiary/aromatic N) is 4. The van der Waals surface area contributed by atoms with Gasteiger partial charge in [0, 0.05) is 18.6 Å². The smallest absolute Gasteiger partial charge is 0.243 e. The number of halogens is 1. The Morgan fingerprint density at radius 3 is 2.83 bits per heavy atom. The predicted octanol–water partition coefficient (Wildman–Crippen LogP) is 1.98. The van der Waals surface area contributed by atoms with E-state index in [1.165, 1.54) is 32.2 Å². The van der Waals surface area contributed by atoms with Gasteiger partial charge in [0.15, 0.2) is 0 Å². The molecule has 1 aliphatic heterocycles. The molecule has 6 heteroatoms. The molecule has 1 saturated heterocycles. The fourth-order valence-electron chi connectivity index (χ4n) is 2.53. The second-order valence-electron chi connectivity index (χ2n) is 5.22.